The number of β-amino-alcohol motifs (C(OH)–C–C–N with tert-alkyl or cyclic N) is 1. The quantitative estimate of drug-likeness (QED) is 0.115. The lowest BCUT2D eigenvalue weighted by molar-refractivity contribution is -0.172. The number of rotatable bonds is 11. The number of hydrogen-bond donors (Lipinski definition) is 15. The Hall–Kier alpha value is -8.60. The molecule has 2 aromatic carbocycles. The largest absolute Gasteiger partial charge is 0.450 e. The van der Waals surface area contributed by atoms with Gasteiger partial charge < -0.3 is 87.3 Å². The molecule has 0 unspecified atom stereocenters. The fourth-order valence-corrected chi connectivity index (χ4v) is 15.5. The minimum Gasteiger partial charge on any atom is -0.450 e. The number of cyclic esters (lactones) is 2. The molecule has 0 radical (unpaired) electrons. The number of carbonyl (C=O) groups excluding carboxylic acids is 12. The van der Waals surface area contributed by atoms with Crippen LogP contribution >= 0.6 is 0 Å². The molecule has 0 spiro atoms. The summed E-state index contributed by atoms with van der Waals surface area (Å²) in [6, 6.07) is -5.70. The molecular formula is C72H104N14O19. The molecule has 6 saturated heterocycles. The minimum absolute atomic E-state index is 0.0282. The molecule has 10 rings (SSSR count). The van der Waals surface area contributed by atoms with Crippen LogP contribution in [0.2, 0.25) is 0 Å². The van der Waals surface area contributed by atoms with Gasteiger partial charge in [0, 0.05) is 54.9 Å². The smallest absolute Gasteiger partial charge is 0.329 e. The third-order valence-electron chi connectivity index (χ3n) is 21.2. The lowest BCUT2D eigenvalue weighted by Gasteiger charge is -2.40. The molecule has 19 atom stereocenters. The van der Waals surface area contributed by atoms with Crippen LogP contribution in [0.4, 0.5) is 11.4 Å². The highest BCUT2D eigenvalue weighted by Gasteiger charge is 2.64. The number of aliphatic hydroxyl groups is 5. The molecule has 2 aromatic rings. The lowest BCUT2D eigenvalue weighted by atomic mass is 9.86. The monoisotopic (exact) mass is 1470 g/mol. The van der Waals surface area contributed by atoms with Crippen molar-refractivity contribution in [2.75, 3.05) is 23.7 Å². The average Bonchev–Trinajstić information content (AvgIpc) is 1.55. The van der Waals surface area contributed by atoms with Crippen molar-refractivity contribution in [3.8, 4) is 11.1 Å². The van der Waals surface area contributed by atoms with E-state index < -0.39 is 222 Å². The Labute approximate surface area is 609 Å². The highest BCUT2D eigenvalue weighted by Crippen LogP contribution is 2.53. The summed E-state index contributed by atoms with van der Waals surface area (Å²) in [5.41, 5.74) is 2.94. The van der Waals surface area contributed by atoms with E-state index in [9.17, 15) is 63.9 Å². The van der Waals surface area contributed by atoms with Crippen LogP contribution in [0.15, 0.2) is 36.4 Å². The van der Waals surface area contributed by atoms with E-state index in [-0.39, 0.29) is 73.1 Å². The predicted molar refractivity (Wildman–Crippen MR) is 375 cm³/mol. The highest BCUT2D eigenvalue weighted by molar-refractivity contribution is 6.01. The van der Waals surface area contributed by atoms with Gasteiger partial charge in [0.1, 0.15) is 84.0 Å². The second-order valence-electron chi connectivity index (χ2n) is 31.6. The lowest BCUT2D eigenvalue weighted by Crippen LogP contribution is -2.67. The van der Waals surface area contributed by atoms with Crippen molar-refractivity contribution < 1.29 is 92.5 Å². The van der Waals surface area contributed by atoms with Gasteiger partial charge in [-0.3, -0.25) is 58.0 Å². The van der Waals surface area contributed by atoms with Crippen LogP contribution in [-0.4, -0.2) is 233 Å². The van der Waals surface area contributed by atoms with Gasteiger partial charge in [-0.05, 0) is 110 Å². The predicted octanol–water partition coefficient (Wildman–Crippen LogP) is -1.37. The zero-order chi connectivity index (χ0) is 77.1. The van der Waals surface area contributed by atoms with Crippen LogP contribution in [0, 0.1) is 35.5 Å². The first kappa shape index (κ1) is 79.0. The number of ether oxygens (including phenoxy) is 2. The number of amides is 10. The zero-order valence-corrected chi connectivity index (χ0v) is 61.8. The number of carbonyl (C=O) groups is 12. The van der Waals surface area contributed by atoms with Gasteiger partial charge in [0.15, 0.2) is 12.2 Å². The van der Waals surface area contributed by atoms with E-state index in [0.717, 1.165) is 19.8 Å². The first-order valence-corrected chi connectivity index (χ1v) is 36.6. The summed E-state index contributed by atoms with van der Waals surface area (Å²) in [6.45, 7) is 22.6. The summed E-state index contributed by atoms with van der Waals surface area (Å²) in [6.07, 6.45) is -11.4. The molecule has 10 amide bonds. The number of anilines is 2. The molecular weight excluding hydrogens is 1360 g/mol. The zero-order valence-electron chi connectivity index (χ0n) is 61.8. The Balaban J connectivity index is 1.01. The SMILES string of the molecule is CC(C)C[C@@H]1NC(=O)[C@H]2CCCNN2C(=O)[C@H](C(C)C)OC(=O)[C@@H](C(C)C)NC(=O)[C@@H]2C[C@@]3(O)c4cc(-c5ccc6c(c5)[C@@]5(O)C[C@@H]7C(=O)N[C@@H](C(C)C)C(=O)O[C@H](C(C)C)C(=O)N8NC[C@@H](O)C[C@H]8C(=O)N[C@H](CC(C)C)C(=O)N[C@H]([C@H](C)O)C(=O)N7[C@H]5N6)ccc4N[C@H]3N2C(=O)[C@@H]([C@H](C)O)NC1=O. The summed E-state index contributed by atoms with van der Waals surface area (Å²) in [5.74, 6) is -14.5. The summed E-state index contributed by atoms with van der Waals surface area (Å²) < 4.78 is 11.9. The van der Waals surface area contributed by atoms with Crippen molar-refractivity contribution in [2.45, 2.75) is 256 Å². The molecule has 8 heterocycles. The highest BCUT2D eigenvalue weighted by atomic mass is 16.6. The molecule has 15 N–H and O–H groups in total. The number of aliphatic hydroxyl groups excluding tert-OH is 3. The Kier molecular flexibility index (Phi) is 23.4. The first-order valence-electron chi connectivity index (χ1n) is 36.6. The fourth-order valence-electron chi connectivity index (χ4n) is 15.5. The van der Waals surface area contributed by atoms with Gasteiger partial charge in [-0.25, -0.2) is 20.4 Å². The molecule has 0 bridgehead atoms. The molecule has 0 saturated carbocycles. The standard InChI is InChI=1S/C72H104N14O19/c1-30(2)22-45-57(90)81-53(36(13)87)63(96)83-49(61(94)79-51(32(5)6)67(100)104-55(34(9)10)65(98)85-47(59(92)75-45)16-15-21-73-85)27-71(102)41-24-38(17-19-43(41)77-69(71)83)39-18-20-44-42(25-39)72(103)28-50-62(95)80-52(33(7)8)68(101)105-56(35(11)12)66(99)86-48(26-40(89)29-74-86)60(93)76-46(23-31(3)4)58(91)82-54(37(14)88)64(97)84(50)70(72)78-44/h17-20,24-25,30-37,40,45-56,69-70,73-74,77-78,87-89,102-103H,15-16,21-23,26-29H2,1-14H3,(H,75,92)(H,76,93)(H,79,94)(H,80,95)(H,81,90)(H,82,91)/t36-,37-,40-,45-,46+,47+,48-,49-,50+,51+,52-,53+,54+,55-,56+,69-,70+,71+,72-/m0/s1. The van der Waals surface area contributed by atoms with Crippen molar-refractivity contribution in [2.24, 2.45) is 35.5 Å². The van der Waals surface area contributed by atoms with E-state index in [1.807, 2.05) is 0 Å². The Bertz CT molecular complexity index is 3720. The van der Waals surface area contributed by atoms with Crippen LogP contribution in [0.3, 0.4) is 0 Å². The number of nitrogens with one attached hydrogen (secondary N) is 10. The first-order chi connectivity index (χ1) is 49.3. The van der Waals surface area contributed by atoms with Crippen molar-refractivity contribution in [1.29, 1.82) is 0 Å². The maximum absolute atomic E-state index is 15.5. The van der Waals surface area contributed by atoms with Crippen LogP contribution in [0.1, 0.15) is 153 Å². The molecule has 0 aromatic heterocycles. The van der Waals surface area contributed by atoms with Crippen molar-refractivity contribution in [3.63, 3.8) is 0 Å². The normalized spacial score (nSPS) is 33.2. The molecule has 33 heteroatoms. The second kappa shape index (κ2) is 31.1. The van der Waals surface area contributed by atoms with Gasteiger partial charge in [-0.15, -0.1) is 0 Å². The van der Waals surface area contributed by atoms with Gasteiger partial charge in [0.2, 0.25) is 47.3 Å². The molecule has 6 fully saturated rings. The van der Waals surface area contributed by atoms with E-state index >= 15 is 19.2 Å². The van der Waals surface area contributed by atoms with Crippen molar-refractivity contribution in [1.82, 2.24) is 62.6 Å². The van der Waals surface area contributed by atoms with Gasteiger partial charge in [0.25, 0.3) is 11.8 Å². The van der Waals surface area contributed by atoms with Gasteiger partial charge in [0.05, 0.1) is 18.3 Å². The fraction of sp³-hybridized carbons (Fsp3) is 0.667. The second-order valence-corrected chi connectivity index (χ2v) is 31.6. The van der Waals surface area contributed by atoms with E-state index in [4.69, 9.17) is 9.47 Å². The van der Waals surface area contributed by atoms with Gasteiger partial charge in [-0.1, -0.05) is 95.2 Å². The minimum atomic E-state index is -2.20. The summed E-state index contributed by atoms with van der Waals surface area (Å²) in [4.78, 5) is 180. The molecule has 8 aliphatic rings. The Morgan fingerprint density at radius 1 is 0.457 bits per heavy atom. The third kappa shape index (κ3) is 15.5. The topological polar surface area (TPSA) is 458 Å². The molecule has 576 valence electrons. The van der Waals surface area contributed by atoms with Gasteiger partial charge >= 0.3 is 11.9 Å². The number of benzene rings is 2. The van der Waals surface area contributed by atoms with E-state index in [1.165, 1.54) is 13.8 Å². The molecule has 0 aliphatic carbocycles. The maximum Gasteiger partial charge on any atom is 0.329 e. The average molecular weight is 1470 g/mol. The Morgan fingerprint density at radius 2 is 0.838 bits per heavy atom. The van der Waals surface area contributed by atoms with Crippen molar-refractivity contribution in [3.05, 3.63) is 47.5 Å². The molecule has 33 nitrogen and oxygen atoms in total. The maximum atomic E-state index is 15.5. The van der Waals surface area contributed by atoms with Crippen molar-refractivity contribution >= 4 is 82.4 Å². The number of fused-ring (bicyclic) bond motifs is 12. The van der Waals surface area contributed by atoms with E-state index in [0.29, 0.717) is 17.5 Å². The summed E-state index contributed by atoms with van der Waals surface area (Å²) in [5, 5.41) is 85.1. The van der Waals surface area contributed by atoms with Crippen LogP contribution in [0.25, 0.3) is 11.1 Å². The Morgan fingerprint density at radius 3 is 1.22 bits per heavy atom. The summed E-state index contributed by atoms with van der Waals surface area (Å²) >= 11 is 0. The molecule has 8 aliphatic heterocycles. The third-order valence-corrected chi connectivity index (χ3v) is 21.2. The van der Waals surface area contributed by atoms with Crippen LogP contribution in [-0.2, 0) is 78.2 Å². The number of esters is 2. The van der Waals surface area contributed by atoms with E-state index in [2.05, 4.69) is 53.4 Å². The van der Waals surface area contributed by atoms with E-state index in [1.54, 1.807) is 119 Å². The van der Waals surface area contributed by atoms with Gasteiger partial charge in [-0.2, -0.15) is 0 Å². The van der Waals surface area contributed by atoms with Crippen LogP contribution < -0.4 is 53.4 Å². The van der Waals surface area contributed by atoms with Crippen LogP contribution in [0.5, 0.6) is 0 Å². The summed E-state index contributed by atoms with van der Waals surface area (Å²) in [7, 11) is 0. The number of nitrogens with zero attached hydrogens (tertiary/aromatic N) is 4. The number of hydrogen-bond acceptors (Lipinski definition) is 23. The number of hydrazine groups is 2. The molecule has 105 heavy (non-hydrogen) atoms.